The van der Waals surface area contributed by atoms with Crippen LogP contribution in [0.4, 0.5) is 0 Å². The van der Waals surface area contributed by atoms with E-state index in [2.05, 4.69) is 5.32 Å². The molecule has 9 heteroatoms. The maximum Gasteiger partial charge on any atom is 0.242 e. The molecule has 0 aliphatic heterocycles. The van der Waals surface area contributed by atoms with Crippen molar-refractivity contribution < 1.29 is 9.59 Å². The number of carbonyl (C=O) groups excluding carboxylic acids is 2. The van der Waals surface area contributed by atoms with Crippen LogP contribution in [0.1, 0.15) is 16.7 Å². The van der Waals surface area contributed by atoms with E-state index in [1.54, 1.807) is 48.3 Å². The van der Waals surface area contributed by atoms with Crippen molar-refractivity contribution in [1.29, 1.82) is 0 Å². The molecule has 4 nitrogen and oxygen atoms in total. The van der Waals surface area contributed by atoms with Crippen LogP contribution in [0.5, 0.6) is 0 Å². The Labute approximate surface area is 229 Å². The van der Waals surface area contributed by atoms with Crippen LogP contribution < -0.4 is 5.32 Å². The number of carbonyl (C=O) groups is 2. The van der Waals surface area contributed by atoms with Crippen molar-refractivity contribution in [2.24, 2.45) is 0 Å². The van der Waals surface area contributed by atoms with Crippen LogP contribution in [0, 0.1) is 0 Å². The van der Waals surface area contributed by atoms with E-state index in [1.807, 2.05) is 30.3 Å². The number of hydrogen-bond donors (Lipinski definition) is 1. The maximum absolute atomic E-state index is 13.5. The fourth-order valence-corrected chi connectivity index (χ4v) is 5.52. The lowest BCUT2D eigenvalue weighted by atomic mass is 10.0. The monoisotopic (exact) mass is 568 g/mol. The van der Waals surface area contributed by atoms with E-state index in [-0.39, 0.29) is 24.1 Å². The predicted octanol–water partition coefficient (Wildman–Crippen LogP) is 6.92. The van der Waals surface area contributed by atoms with Crippen molar-refractivity contribution in [3.63, 3.8) is 0 Å². The number of thioether (sulfide) groups is 1. The summed E-state index contributed by atoms with van der Waals surface area (Å²) in [6.45, 7) is 0.202. The van der Waals surface area contributed by atoms with Crippen LogP contribution in [-0.2, 0) is 28.3 Å². The molecule has 0 unspecified atom stereocenters. The lowest BCUT2D eigenvalue weighted by molar-refractivity contribution is -0.139. The van der Waals surface area contributed by atoms with Gasteiger partial charge in [0.15, 0.2) is 0 Å². The fourth-order valence-electron chi connectivity index (χ4n) is 3.55. The number of likely N-dealkylation sites (N-methyl/N-ethyl adjacent to an activating group) is 1. The zero-order valence-electron chi connectivity index (χ0n) is 18.9. The van der Waals surface area contributed by atoms with Crippen molar-refractivity contribution in [2.75, 3.05) is 12.8 Å². The maximum atomic E-state index is 13.5. The summed E-state index contributed by atoms with van der Waals surface area (Å²) < 4.78 is 0. The van der Waals surface area contributed by atoms with Gasteiger partial charge in [0, 0.05) is 35.8 Å². The third-order valence-corrected chi connectivity index (χ3v) is 7.78. The lowest BCUT2D eigenvalue weighted by Gasteiger charge is -2.31. The molecule has 1 atom stereocenters. The second-order valence-corrected chi connectivity index (χ2v) is 10.4. The third kappa shape index (κ3) is 7.80. The van der Waals surface area contributed by atoms with E-state index in [4.69, 9.17) is 46.4 Å². The van der Waals surface area contributed by atoms with E-state index in [1.165, 1.54) is 11.8 Å². The highest BCUT2D eigenvalue weighted by molar-refractivity contribution is 7.99. The summed E-state index contributed by atoms with van der Waals surface area (Å²) in [5.41, 5.74) is 2.49. The molecular weight excluding hydrogens is 546 g/mol. The first kappa shape index (κ1) is 27.7. The van der Waals surface area contributed by atoms with E-state index < -0.39 is 6.04 Å². The first-order valence-electron chi connectivity index (χ1n) is 10.8. The van der Waals surface area contributed by atoms with Crippen LogP contribution in [0.3, 0.4) is 0 Å². The molecule has 0 heterocycles. The Kier molecular flexibility index (Phi) is 10.6. The lowest BCUT2D eigenvalue weighted by Crippen LogP contribution is -2.50. The first-order chi connectivity index (χ1) is 16.8. The van der Waals surface area contributed by atoms with Crippen LogP contribution in [0.25, 0.3) is 0 Å². The minimum Gasteiger partial charge on any atom is -0.357 e. The minimum atomic E-state index is -0.714. The molecule has 0 radical (unpaired) electrons. The summed E-state index contributed by atoms with van der Waals surface area (Å²) in [5.74, 6) is 0.175. The molecular formula is C26H24Cl4N2O2S. The van der Waals surface area contributed by atoms with Gasteiger partial charge in [-0.2, -0.15) is 0 Å². The summed E-state index contributed by atoms with van der Waals surface area (Å²) in [4.78, 5) is 28.1. The highest BCUT2D eigenvalue weighted by atomic mass is 35.5. The van der Waals surface area contributed by atoms with Gasteiger partial charge in [-0.1, -0.05) is 88.9 Å². The smallest absolute Gasteiger partial charge is 0.242 e. The molecule has 3 aromatic rings. The van der Waals surface area contributed by atoms with Crippen LogP contribution in [0.2, 0.25) is 20.1 Å². The van der Waals surface area contributed by atoms with Gasteiger partial charge in [0.05, 0.1) is 15.8 Å². The van der Waals surface area contributed by atoms with Crippen molar-refractivity contribution in [1.82, 2.24) is 10.2 Å². The number of nitrogens with zero attached hydrogens (tertiary/aromatic N) is 1. The average molecular weight is 570 g/mol. The second-order valence-electron chi connectivity index (χ2n) is 7.78. The highest BCUT2D eigenvalue weighted by Crippen LogP contribution is 2.29. The minimum absolute atomic E-state index is 0.144. The Balaban J connectivity index is 1.85. The number of nitrogens with one attached hydrogen (secondary N) is 1. The molecule has 35 heavy (non-hydrogen) atoms. The highest BCUT2D eigenvalue weighted by Gasteiger charge is 2.30. The van der Waals surface area contributed by atoms with Crippen LogP contribution in [0.15, 0.2) is 66.7 Å². The molecule has 0 spiro atoms. The molecule has 2 amide bonds. The Morgan fingerprint density at radius 1 is 0.857 bits per heavy atom. The van der Waals surface area contributed by atoms with Gasteiger partial charge < -0.3 is 10.2 Å². The summed E-state index contributed by atoms with van der Waals surface area (Å²) in [7, 11) is 1.57. The van der Waals surface area contributed by atoms with Gasteiger partial charge in [-0.3, -0.25) is 9.59 Å². The molecule has 0 fully saturated rings. The zero-order valence-corrected chi connectivity index (χ0v) is 22.8. The topological polar surface area (TPSA) is 49.4 Å². The van der Waals surface area contributed by atoms with E-state index in [0.717, 1.165) is 16.7 Å². The molecule has 0 aliphatic rings. The standard InChI is InChI=1S/C26H24Cl4N2O2S/c1-31-26(34)24(13-17-6-3-2-4-7-17)32(14-18-10-11-22(29)23(30)12-18)25(33)16-35-15-19-20(27)8-5-9-21(19)28/h2-12,24H,13-16H2,1H3,(H,31,34)/t24-/m1/s1. The summed E-state index contributed by atoms with van der Waals surface area (Å²) >= 11 is 26.2. The Hall–Kier alpha value is -1.89. The number of hydrogen-bond acceptors (Lipinski definition) is 3. The van der Waals surface area contributed by atoms with E-state index in [0.29, 0.717) is 32.3 Å². The fraction of sp³-hybridized carbons (Fsp3) is 0.231. The van der Waals surface area contributed by atoms with Gasteiger partial charge in [0.25, 0.3) is 0 Å². The number of amides is 2. The molecule has 3 rings (SSSR count). The van der Waals surface area contributed by atoms with Crippen LogP contribution >= 0.6 is 58.2 Å². The second kappa shape index (κ2) is 13.4. The molecule has 3 aromatic carbocycles. The SMILES string of the molecule is CNC(=O)[C@@H](Cc1ccccc1)N(Cc1ccc(Cl)c(Cl)c1)C(=O)CSCc1c(Cl)cccc1Cl. The van der Waals surface area contributed by atoms with Crippen molar-refractivity contribution >= 4 is 70.0 Å². The van der Waals surface area contributed by atoms with Gasteiger partial charge in [-0.05, 0) is 41.0 Å². The van der Waals surface area contributed by atoms with Gasteiger partial charge in [0.1, 0.15) is 6.04 Å². The summed E-state index contributed by atoms with van der Waals surface area (Å²) in [6, 6.07) is 19.4. The molecule has 0 bridgehead atoms. The van der Waals surface area contributed by atoms with Gasteiger partial charge in [0.2, 0.25) is 11.8 Å². The number of rotatable bonds is 10. The van der Waals surface area contributed by atoms with Gasteiger partial charge in [-0.25, -0.2) is 0 Å². The molecule has 0 saturated heterocycles. The van der Waals surface area contributed by atoms with E-state index in [9.17, 15) is 9.59 Å². The van der Waals surface area contributed by atoms with Gasteiger partial charge >= 0.3 is 0 Å². The molecule has 184 valence electrons. The zero-order chi connectivity index (χ0) is 25.4. The third-order valence-electron chi connectivity index (χ3n) is 5.39. The largest absolute Gasteiger partial charge is 0.357 e. The van der Waals surface area contributed by atoms with Crippen molar-refractivity contribution in [3.05, 3.63) is 104 Å². The summed E-state index contributed by atoms with van der Waals surface area (Å²) in [6.07, 6.45) is 0.370. The average Bonchev–Trinajstić information content (AvgIpc) is 2.85. The molecule has 0 aliphatic carbocycles. The quantitative estimate of drug-likeness (QED) is 0.288. The first-order valence-corrected chi connectivity index (χ1v) is 13.5. The number of halogens is 4. The van der Waals surface area contributed by atoms with Crippen LogP contribution in [-0.4, -0.2) is 35.6 Å². The van der Waals surface area contributed by atoms with Crippen molar-refractivity contribution in [2.45, 2.75) is 24.8 Å². The van der Waals surface area contributed by atoms with E-state index >= 15 is 0 Å². The normalized spacial score (nSPS) is 11.7. The number of benzene rings is 3. The van der Waals surface area contributed by atoms with Crippen molar-refractivity contribution in [3.8, 4) is 0 Å². The van der Waals surface area contributed by atoms with Gasteiger partial charge in [-0.15, -0.1) is 11.8 Å². The predicted molar refractivity (Wildman–Crippen MR) is 148 cm³/mol. The Bertz CT molecular complexity index is 1160. The summed E-state index contributed by atoms with van der Waals surface area (Å²) in [5, 5.41) is 4.62. The Morgan fingerprint density at radius 2 is 1.54 bits per heavy atom. The Morgan fingerprint density at radius 3 is 2.17 bits per heavy atom. The molecule has 1 N–H and O–H groups in total. The molecule has 0 saturated carbocycles. The molecule has 0 aromatic heterocycles.